The van der Waals surface area contributed by atoms with Gasteiger partial charge in [-0.1, -0.05) is 78.1 Å². The Hall–Kier alpha value is -2.25. The molecule has 0 aliphatic rings. The summed E-state index contributed by atoms with van der Waals surface area (Å²) in [6.07, 6.45) is 8.97. The fourth-order valence-electron chi connectivity index (χ4n) is 3.76. The van der Waals surface area contributed by atoms with Crippen molar-refractivity contribution in [3.05, 3.63) is 55.7 Å². The first kappa shape index (κ1) is 39.8. The summed E-state index contributed by atoms with van der Waals surface area (Å²) < 4.78 is 94.9. The van der Waals surface area contributed by atoms with Gasteiger partial charge in [0.1, 0.15) is 17.5 Å². The number of carboxylic acid groups (broad SMARTS) is 1. The van der Waals surface area contributed by atoms with Gasteiger partial charge in [0.25, 0.3) is 0 Å². The van der Waals surface area contributed by atoms with Gasteiger partial charge in [0, 0.05) is 0 Å². The van der Waals surface area contributed by atoms with Gasteiger partial charge in [-0.05, 0) is 61.4 Å². The van der Waals surface area contributed by atoms with Crippen LogP contribution in [0.4, 0.5) is 30.7 Å². The molecule has 4 nitrogen and oxygen atoms in total. The Morgan fingerprint density at radius 3 is 1.25 bits per heavy atom. The second-order valence-corrected chi connectivity index (χ2v) is 13.2. The summed E-state index contributed by atoms with van der Waals surface area (Å²) in [5.41, 5.74) is 0. The van der Waals surface area contributed by atoms with E-state index in [-0.39, 0.29) is 21.2 Å². The number of alkyl halides is 7. The molecule has 0 saturated carbocycles. The summed E-state index contributed by atoms with van der Waals surface area (Å²) in [5, 5.41) is 9.27. The number of carbonyl (C=O) groups excluding carboxylic acids is 1. The van der Waals surface area contributed by atoms with Gasteiger partial charge in [0.15, 0.2) is 7.14 Å². The number of unbranched alkanes of at least 4 members (excludes halogenated alkanes) is 10. The van der Waals surface area contributed by atoms with Crippen LogP contribution in [0.25, 0.3) is 0 Å². The zero-order valence-electron chi connectivity index (χ0n) is 25.2. The Morgan fingerprint density at radius 2 is 0.955 bits per heavy atom. The van der Waals surface area contributed by atoms with Gasteiger partial charge in [-0.15, -0.1) is 0 Å². The summed E-state index contributed by atoms with van der Waals surface area (Å²) in [6.45, 7) is 6.19. The van der Waals surface area contributed by atoms with Gasteiger partial charge in [0.05, 0.1) is 13.2 Å². The van der Waals surface area contributed by atoms with E-state index < -0.39 is 24.0 Å². The Labute approximate surface area is 266 Å². The van der Waals surface area contributed by atoms with Gasteiger partial charge in [-0.2, -0.15) is 30.7 Å². The van der Waals surface area contributed by atoms with Crippen LogP contribution in [0.1, 0.15) is 90.9 Å². The van der Waals surface area contributed by atoms with Crippen molar-refractivity contribution in [3.63, 3.8) is 0 Å². The van der Waals surface area contributed by atoms with Gasteiger partial charge < -0.3 is 19.4 Å². The fourth-order valence-corrected chi connectivity index (χ4v) is 5.92. The summed E-state index contributed by atoms with van der Waals surface area (Å²) in [7, 11) is 0. The Morgan fingerprint density at radius 1 is 0.614 bits per heavy atom. The molecule has 0 saturated heterocycles. The molecule has 2 aromatic rings. The number of aliphatic carboxylic acids is 1. The lowest BCUT2D eigenvalue weighted by Gasteiger charge is -2.28. The zero-order valence-corrected chi connectivity index (χ0v) is 27.3. The third-order valence-electron chi connectivity index (χ3n) is 6.39. The molecule has 0 heterocycles. The molecule has 12 heteroatoms. The van der Waals surface area contributed by atoms with Crippen LogP contribution >= 0.6 is 0 Å². The highest BCUT2D eigenvalue weighted by atomic mass is 127. The van der Waals surface area contributed by atoms with E-state index in [0.717, 1.165) is 37.6 Å². The van der Waals surface area contributed by atoms with E-state index in [1.54, 1.807) is 0 Å². The maximum atomic E-state index is 11.7. The minimum Gasteiger partial charge on any atom is -0.544 e. The molecule has 2 aromatic carbocycles. The van der Waals surface area contributed by atoms with Crippen LogP contribution in [-0.4, -0.2) is 37.2 Å². The largest absolute Gasteiger partial charge is 0.544 e. The molecule has 0 aromatic heterocycles. The van der Waals surface area contributed by atoms with Crippen molar-refractivity contribution >= 4 is 5.97 Å². The maximum absolute atomic E-state index is 11.7. The first-order valence-corrected chi connectivity index (χ1v) is 17.1. The Kier molecular flexibility index (Phi) is 18.7. The topological polar surface area (TPSA) is 58.6 Å². The van der Waals surface area contributed by atoms with Crippen molar-refractivity contribution in [2.24, 2.45) is 0 Å². The van der Waals surface area contributed by atoms with E-state index in [0.29, 0.717) is 0 Å². The van der Waals surface area contributed by atoms with E-state index in [4.69, 9.17) is 9.47 Å². The molecule has 0 radical (unpaired) electrons. The van der Waals surface area contributed by atoms with Crippen LogP contribution in [-0.2, 0) is 4.79 Å². The fraction of sp³-hybridized carbons (Fsp3) is 0.594. The van der Waals surface area contributed by atoms with Crippen LogP contribution in [0.5, 0.6) is 11.5 Å². The molecule has 0 aliphatic carbocycles. The molecule has 0 atom stereocenters. The van der Waals surface area contributed by atoms with Gasteiger partial charge in [-0.3, -0.25) is 0 Å². The maximum Gasteiger partial charge on any atom is 0.460 e. The average molecular weight is 751 g/mol. The lowest BCUT2D eigenvalue weighted by atomic mass is 10.1. The van der Waals surface area contributed by atoms with Crippen LogP contribution in [0, 0.1) is 7.14 Å². The minimum atomic E-state index is -6.64. The molecule has 0 fully saturated rings. The molecule has 0 amide bonds. The molecule has 0 spiro atoms. The second-order valence-electron chi connectivity index (χ2n) is 10.2. The molecular formula is C32H42F7IO4. The third kappa shape index (κ3) is 14.7. The first-order chi connectivity index (χ1) is 20.8. The van der Waals surface area contributed by atoms with Gasteiger partial charge in [-0.25, -0.2) is 0 Å². The molecule has 0 bridgehead atoms. The number of carboxylic acids is 1. The van der Waals surface area contributed by atoms with Gasteiger partial charge >= 0.3 is 39.2 Å². The van der Waals surface area contributed by atoms with E-state index in [2.05, 4.69) is 62.4 Å². The summed E-state index contributed by atoms with van der Waals surface area (Å²) >= 11 is -0.160. The van der Waals surface area contributed by atoms with Crippen molar-refractivity contribution in [1.29, 1.82) is 0 Å². The third-order valence-corrected chi connectivity index (χ3v) is 9.07. The lowest BCUT2D eigenvalue weighted by molar-refractivity contribution is -0.597. The van der Waals surface area contributed by atoms with Crippen molar-refractivity contribution < 1.29 is 71.3 Å². The van der Waals surface area contributed by atoms with Crippen molar-refractivity contribution in [2.45, 2.75) is 109 Å². The molecular weight excluding hydrogens is 708 g/mol. The molecule has 0 aliphatic heterocycles. The number of hydrogen-bond donors (Lipinski definition) is 0. The Bertz CT molecular complexity index is 987. The zero-order chi connectivity index (χ0) is 33.1. The smallest absolute Gasteiger partial charge is 0.460 e. The number of carbonyl (C=O) groups is 1. The van der Waals surface area contributed by atoms with Crippen molar-refractivity contribution in [3.8, 4) is 11.5 Å². The highest BCUT2D eigenvalue weighted by molar-refractivity contribution is 5.74. The normalized spacial score (nSPS) is 11.9. The average Bonchev–Trinajstić information content (AvgIpc) is 2.97. The predicted octanol–water partition coefficient (Wildman–Crippen LogP) is 5.86. The molecule has 0 N–H and O–H groups in total. The molecule has 250 valence electrons. The van der Waals surface area contributed by atoms with E-state index in [1.807, 2.05) is 0 Å². The first-order valence-electron chi connectivity index (χ1n) is 14.9. The van der Waals surface area contributed by atoms with Crippen molar-refractivity contribution in [1.82, 2.24) is 0 Å². The predicted molar refractivity (Wildman–Crippen MR) is 149 cm³/mol. The summed E-state index contributed by atoms with van der Waals surface area (Å²) in [6, 6.07) is 17.4. The number of halogens is 8. The van der Waals surface area contributed by atoms with Gasteiger partial charge in [0.2, 0.25) is 0 Å². The molecule has 44 heavy (non-hydrogen) atoms. The number of ether oxygens (including phenoxy) is 2. The number of rotatable bonds is 20. The highest BCUT2D eigenvalue weighted by Gasteiger charge is 2.73. The molecule has 0 unspecified atom stereocenters. The Balaban J connectivity index is 0.000000627. The summed E-state index contributed by atoms with van der Waals surface area (Å²) in [4.78, 5) is 9.27. The minimum absolute atomic E-state index is 0.160. The lowest BCUT2D eigenvalue weighted by Crippen LogP contribution is -3.61. The quantitative estimate of drug-likeness (QED) is 0.0968. The van der Waals surface area contributed by atoms with Crippen molar-refractivity contribution in [2.75, 3.05) is 13.2 Å². The van der Waals surface area contributed by atoms with E-state index in [1.165, 1.54) is 71.3 Å². The second kappa shape index (κ2) is 20.7. The van der Waals surface area contributed by atoms with E-state index in [9.17, 15) is 40.6 Å². The van der Waals surface area contributed by atoms with Crippen LogP contribution < -0.4 is 35.8 Å². The standard InChI is InChI=1S/C28H42IO2.C4HF7O2/c1-3-5-7-9-11-13-23-30-27-19-15-25(16-20-27)29-26-17-21-28(22-18-26)31-24-14-12-10-8-6-4-2;5-2(6,1(12)13)3(7,8)4(9,10)11/h15-22H,3-14,23-24H2,1-2H3;(H,12,13)/q+1;/p-1. The summed E-state index contributed by atoms with van der Waals surface area (Å²) in [5.74, 6) is -14.7. The van der Waals surface area contributed by atoms with Crippen LogP contribution in [0.2, 0.25) is 0 Å². The molecule has 2 rings (SSSR count). The van der Waals surface area contributed by atoms with E-state index >= 15 is 0 Å². The van der Waals surface area contributed by atoms with Crippen LogP contribution in [0.15, 0.2) is 48.5 Å². The number of hydrogen-bond acceptors (Lipinski definition) is 4. The highest BCUT2D eigenvalue weighted by Crippen LogP contribution is 2.46. The monoisotopic (exact) mass is 750 g/mol. The van der Waals surface area contributed by atoms with Crippen LogP contribution in [0.3, 0.4) is 0 Å². The SMILES string of the molecule is CCCCCCCCOc1ccc([I+]c2ccc(OCCCCCCCC)cc2)cc1.O=C([O-])C(F)(F)C(F)(F)C(F)(F)F. The number of benzene rings is 2.